The number of amides is 1. The molecule has 3 heterocycles. The first-order valence-electron chi connectivity index (χ1n) is 7.71. The molecule has 8 heteroatoms. The summed E-state index contributed by atoms with van der Waals surface area (Å²) in [5.74, 6) is 0.317. The van der Waals surface area contributed by atoms with Crippen molar-refractivity contribution in [2.75, 3.05) is 0 Å². The van der Waals surface area contributed by atoms with Crippen molar-refractivity contribution in [3.05, 3.63) is 57.0 Å². The van der Waals surface area contributed by atoms with Gasteiger partial charge in [0.1, 0.15) is 11.4 Å². The van der Waals surface area contributed by atoms with Crippen molar-refractivity contribution < 1.29 is 4.79 Å². The zero-order chi connectivity index (χ0) is 16.7. The highest BCUT2D eigenvalue weighted by atomic mass is 32.1. The molecule has 0 spiro atoms. The van der Waals surface area contributed by atoms with Gasteiger partial charge in [0, 0.05) is 35.2 Å². The molecule has 3 aromatic rings. The Hall–Kier alpha value is -2.61. The Morgan fingerprint density at radius 2 is 2.25 bits per heavy atom. The van der Waals surface area contributed by atoms with Crippen LogP contribution < -0.4 is 10.9 Å². The van der Waals surface area contributed by atoms with Crippen LogP contribution in [0.2, 0.25) is 0 Å². The summed E-state index contributed by atoms with van der Waals surface area (Å²) in [5, 5.41) is 4.71. The molecule has 0 radical (unpaired) electrons. The van der Waals surface area contributed by atoms with E-state index in [-0.39, 0.29) is 17.2 Å². The summed E-state index contributed by atoms with van der Waals surface area (Å²) in [5.41, 5.74) is 1.60. The highest BCUT2D eigenvalue weighted by Crippen LogP contribution is 2.28. The minimum Gasteiger partial charge on any atom is -0.345 e. The highest BCUT2D eigenvalue weighted by molar-refractivity contribution is 7.15. The van der Waals surface area contributed by atoms with E-state index < -0.39 is 5.91 Å². The summed E-state index contributed by atoms with van der Waals surface area (Å²) in [6, 6.07) is -0.176. The number of hydrogen-bond donors (Lipinski definition) is 1. The van der Waals surface area contributed by atoms with Gasteiger partial charge in [0.2, 0.25) is 0 Å². The monoisotopic (exact) mass is 341 g/mol. The minimum atomic E-state index is -0.411. The normalized spacial score (nSPS) is 16.8. The van der Waals surface area contributed by atoms with Crippen molar-refractivity contribution in [3.8, 4) is 0 Å². The molecule has 1 amide bonds. The van der Waals surface area contributed by atoms with Crippen LogP contribution in [-0.4, -0.2) is 25.3 Å². The van der Waals surface area contributed by atoms with Crippen LogP contribution >= 0.6 is 11.3 Å². The van der Waals surface area contributed by atoms with Gasteiger partial charge in [-0.05, 0) is 26.2 Å². The van der Waals surface area contributed by atoms with Gasteiger partial charge in [-0.25, -0.2) is 15.0 Å². The Bertz CT molecular complexity index is 994. The van der Waals surface area contributed by atoms with Crippen LogP contribution in [0.15, 0.2) is 28.8 Å². The van der Waals surface area contributed by atoms with E-state index in [0.29, 0.717) is 4.96 Å². The Balaban J connectivity index is 1.65. The van der Waals surface area contributed by atoms with Crippen LogP contribution in [0.25, 0.3) is 4.96 Å². The maximum atomic E-state index is 12.6. The fourth-order valence-corrected chi connectivity index (χ4v) is 3.69. The lowest BCUT2D eigenvalue weighted by atomic mass is 9.92. The molecule has 0 saturated heterocycles. The van der Waals surface area contributed by atoms with Gasteiger partial charge in [-0.15, -0.1) is 11.3 Å². The number of rotatable bonds is 2. The second-order valence-corrected chi connectivity index (χ2v) is 6.64. The topological polar surface area (TPSA) is 89.2 Å². The molecule has 0 saturated carbocycles. The summed E-state index contributed by atoms with van der Waals surface area (Å²) in [6.07, 6.45) is 7.37. The quantitative estimate of drug-likeness (QED) is 0.766. The molecule has 0 fully saturated rings. The first-order valence-corrected chi connectivity index (χ1v) is 8.59. The van der Waals surface area contributed by atoms with E-state index in [1.54, 1.807) is 17.8 Å². The predicted molar refractivity (Wildman–Crippen MR) is 89.3 cm³/mol. The molecular weight excluding hydrogens is 326 g/mol. The Labute approximate surface area is 141 Å². The molecule has 0 aliphatic heterocycles. The summed E-state index contributed by atoms with van der Waals surface area (Å²) >= 11 is 1.35. The molecule has 1 N–H and O–H groups in total. The molecule has 4 rings (SSSR count). The Morgan fingerprint density at radius 3 is 3.12 bits per heavy atom. The van der Waals surface area contributed by atoms with Crippen molar-refractivity contribution >= 4 is 22.2 Å². The molecule has 24 heavy (non-hydrogen) atoms. The molecule has 122 valence electrons. The first-order chi connectivity index (χ1) is 11.6. The van der Waals surface area contributed by atoms with E-state index in [1.807, 2.05) is 6.92 Å². The van der Waals surface area contributed by atoms with Crippen molar-refractivity contribution in [2.24, 2.45) is 0 Å². The van der Waals surface area contributed by atoms with Crippen LogP contribution in [-0.2, 0) is 6.42 Å². The van der Waals surface area contributed by atoms with Crippen molar-refractivity contribution in [1.29, 1.82) is 0 Å². The number of nitrogens with one attached hydrogen (secondary N) is 1. The van der Waals surface area contributed by atoms with Crippen LogP contribution in [0.3, 0.4) is 0 Å². The predicted octanol–water partition coefficient (Wildman–Crippen LogP) is 1.66. The Morgan fingerprint density at radius 1 is 1.38 bits per heavy atom. The molecule has 1 unspecified atom stereocenters. The third kappa shape index (κ3) is 2.48. The van der Waals surface area contributed by atoms with Gasteiger partial charge < -0.3 is 5.32 Å². The van der Waals surface area contributed by atoms with Crippen LogP contribution in [0.1, 0.15) is 46.3 Å². The van der Waals surface area contributed by atoms with E-state index >= 15 is 0 Å². The third-order valence-electron chi connectivity index (χ3n) is 4.19. The number of hydrogen-bond acceptors (Lipinski definition) is 6. The lowest BCUT2D eigenvalue weighted by Crippen LogP contribution is -2.35. The number of aryl methyl sites for hydroxylation is 2. The zero-order valence-corrected chi connectivity index (χ0v) is 13.8. The van der Waals surface area contributed by atoms with E-state index in [4.69, 9.17) is 0 Å². The van der Waals surface area contributed by atoms with Gasteiger partial charge in [-0.3, -0.25) is 14.0 Å². The molecule has 1 aliphatic carbocycles. The summed E-state index contributed by atoms with van der Waals surface area (Å²) in [7, 11) is 0. The second-order valence-electron chi connectivity index (χ2n) is 5.77. The molecule has 1 aliphatic rings. The lowest BCUT2D eigenvalue weighted by molar-refractivity contribution is 0.0930. The van der Waals surface area contributed by atoms with E-state index in [1.165, 1.54) is 21.9 Å². The average Bonchev–Trinajstić information content (AvgIpc) is 3.04. The molecule has 0 aromatic carbocycles. The minimum absolute atomic E-state index is 0.0473. The first kappa shape index (κ1) is 14.9. The standard InChI is InChI=1S/C16H15N5O2S/c1-9-17-7-10-12(19-9)3-2-4-13(10)20-14(22)11-8-18-16-21(15(11)23)5-6-24-16/h5-8,13H,2-4H2,1H3,(H,20,22). The van der Waals surface area contributed by atoms with Crippen molar-refractivity contribution in [2.45, 2.75) is 32.2 Å². The maximum Gasteiger partial charge on any atom is 0.271 e. The third-order valence-corrected chi connectivity index (χ3v) is 4.97. The van der Waals surface area contributed by atoms with Crippen LogP contribution in [0.4, 0.5) is 0 Å². The van der Waals surface area contributed by atoms with E-state index in [0.717, 1.165) is 36.3 Å². The number of nitrogens with zero attached hydrogens (tertiary/aromatic N) is 4. The van der Waals surface area contributed by atoms with Gasteiger partial charge >= 0.3 is 0 Å². The second kappa shape index (κ2) is 5.79. The van der Waals surface area contributed by atoms with E-state index in [2.05, 4.69) is 20.3 Å². The van der Waals surface area contributed by atoms with Crippen molar-refractivity contribution in [1.82, 2.24) is 24.7 Å². The molecule has 0 bridgehead atoms. The van der Waals surface area contributed by atoms with Gasteiger partial charge in [-0.1, -0.05) is 0 Å². The summed E-state index contributed by atoms with van der Waals surface area (Å²) in [6.45, 7) is 1.85. The molecular formula is C16H15N5O2S. The number of fused-ring (bicyclic) bond motifs is 2. The van der Waals surface area contributed by atoms with Gasteiger partial charge in [0.25, 0.3) is 11.5 Å². The van der Waals surface area contributed by atoms with E-state index in [9.17, 15) is 9.59 Å². The Kier molecular flexibility index (Phi) is 3.61. The molecule has 1 atom stereocenters. The maximum absolute atomic E-state index is 12.6. The van der Waals surface area contributed by atoms with Gasteiger partial charge in [-0.2, -0.15) is 0 Å². The number of carbonyl (C=O) groups is 1. The number of thiazole rings is 1. The average molecular weight is 341 g/mol. The highest BCUT2D eigenvalue weighted by Gasteiger charge is 2.25. The lowest BCUT2D eigenvalue weighted by Gasteiger charge is -2.25. The molecule has 3 aromatic heterocycles. The van der Waals surface area contributed by atoms with Gasteiger partial charge in [0.15, 0.2) is 4.96 Å². The van der Waals surface area contributed by atoms with Gasteiger partial charge in [0.05, 0.1) is 6.04 Å². The SMILES string of the molecule is Cc1ncc2c(n1)CCCC2NC(=O)c1cnc2sccn2c1=O. The fourth-order valence-electron chi connectivity index (χ4n) is 3.01. The number of carbonyl (C=O) groups excluding carboxylic acids is 1. The number of aromatic nitrogens is 4. The van der Waals surface area contributed by atoms with Crippen molar-refractivity contribution in [3.63, 3.8) is 0 Å². The fraction of sp³-hybridized carbons (Fsp3) is 0.312. The molecule has 7 nitrogen and oxygen atoms in total. The largest absolute Gasteiger partial charge is 0.345 e. The summed E-state index contributed by atoms with van der Waals surface area (Å²) < 4.78 is 1.39. The van der Waals surface area contributed by atoms with Crippen LogP contribution in [0.5, 0.6) is 0 Å². The summed E-state index contributed by atoms with van der Waals surface area (Å²) in [4.78, 5) is 38.4. The zero-order valence-electron chi connectivity index (χ0n) is 13.0. The smallest absolute Gasteiger partial charge is 0.271 e. The van der Waals surface area contributed by atoms with Crippen LogP contribution in [0, 0.1) is 6.92 Å².